The van der Waals surface area contributed by atoms with E-state index in [1.165, 1.54) is 24.1 Å². The largest absolute Gasteiger partial charge is 0.496 e. The molecule has 0 saturated carbocycles. The van der Waals surface area contributed by atoms with E-state index in [9.17, 15) is 0 Å². The molecule has 0 amide bonds. The number of anilines is 1. The van der Waals surface area contributed by atoms with Crippen LogP contribution < -0.4 is 15.0 Å². The molecule has 2 atom stereocenters. The number of methoxy groups -OCH3 is 1. The van der Waals surface area contributed by atoms with Crippen LogP contribution in [0, 0.1) is 0 Å². The molecule has 4 nitrogen and oxygen atoms in total. The van der Waals surface area contributed by atoms with Crippen LogP contribution in [0.1, 0.15) is 31.4 Å². The first kappa shape index (κ1) is 16.1. The number of hydrogen-bond acceptors (Lipinski definition) is 4. The van der Waals surface area contributed by atoms with Crippen molar-refractivity contribution in [2.24, 2.45) is 0 Å². The van der Waals surface area contributed by atoms with Gasteiger partial charge in [-0.2, -0.15) is 0 Å². The molecular weight excluding hydrogens is 262 g/mol. The summed E-state index contributed by atoms with van der Waals surface area (Å²) in [5.74, 6) is 0.973. The Morgan fingerprint density at radius 3 is 2.76 bits per heavy atom. The third kappa shape index (κ3) is 3.50. The zero-order valence-electron chi connectivity index (χ0n) is 14.0. The number of ether oxygens (including phenoxy) is 1. The second-order valence-corrected chi connectivity index (χ2v) is 6.11. The van der Waals surface area contributed by atoms with Crippen LogP contribution in [0.2, 0.25) is 0 Å². The first-order valence-electron chi connectivity index (χ1n) is 7.84. The van der Waals surface area contributed by atoms with E-state index >= 15 is 0 Å². The summed E-state index contributed by atoms with van der Waals surface area (Å²) in [5, 5.41) is 3.35. The summed E-state index contributed by atoms with van der Waals surface area (Å²) in [6.45, 7) is 4.40. The van der Waals surface area contributed by atoms with E-state index in [2.05, 4.69) is 54.3 Å². The summed E-state index contributed by atoms with van der Waals surface area (Å²) < 4.78 is 5.60. The van der Waals surface area contributed by atoms with Gasteiger partial charge in [0.15, 0.2) is 0 Å². The van der Waals surface area contributed by atoms with Crippen molar-refractivity contribution >= 4 is 5.69 Å². The molecule has 1 fully saturated rings. The molecule has 1 N–H and O–H groups in total. The van der Waals surface area contributed by atoms with Crippen molar-refractivity contribution in [2.75, 3.05) is 46.2 Å². The van der Waals surface area contributed by atoms with Crippen LogP contribution in [-0.2, 0) is 0 Å². The van der Waals surface area contributed by atoms with Crippen molar-refractivity contribution in [3.05, 3.63) is 23.8 Å². The Morgan fingerprint density at radius 2 is 2.14 bits per heavy atom. The number of nitrogens with zero attached hydrogens (tertiary/aromatic N) is 2. The lowest BCUT2D eigenvalue weighted by Gasteiger charge is -2.39. The summed E-state index contributed by atoms with van der Waals surface area (Å²) >= 11 is 0. The van der Waals surface area contributed by atoms with Gasteiger partial charge in [0.2, 0.25) is 0 Å². The van der Waals surface area contributed by atoms with Crippen molar-refractivity contribution in [1.82, 2.24) is 10.2 Å². The van der Waals surface area contributed by atoms with Crippen molar-refractivity contribution in [3.63, 3.8) is 0 Å². The SMILES string of the molecule is CNC(C)c1c(OC)cccc1N1CCCC(N(C)C)C1. The second kappa shape index (κ2) is 7.14. The molecular formula is C17H29N3O. The molecule has 1 aromatic rings. The smallest absolute Gasteiger partial charge is 0.125 e. The highest BCUT2D eigenvalue weighted by molar-refractivity contribution is 5.61. The Labute approximate surface area is 129 Å². The predicted octanol–water partition coefficient (Wildman–Crippen LogP) is 2.51. The van der Waals surface area contributed by atoms with E-state index in [0.717, 1.165) is 18.8 Å². The minimum Gasteiger partial charge on any atom is -0.496 e. The van der Waals surface area contributed by atoms with Gasteiger partial charge in [-0.15, -0.1) is 0 Å². The third-order valence-electron chi connectivity index (χ3n) is 4.60. The van der Waals surface area contributed by atoms with Crippen LogP contribution in [0.4, 0.5) is 5.69 Å². The first-order chi connectivity index (χ1) is 10.1. The van der Waals surface area contributed by atoms with Crippen molar-refractivity contribution in [1.29, 1.82) is 0 Å². The standard InChI is InChI=1S/C17H29N3O/c1-13(18-2)17-15(9-6-10-16(17)21-5)20-11-7-8-14(12-20)19(3)4/h6,9-10,13-14,18H,7-8,11-12H2,1-5H3. The first-order valence-corrected chi connectivity index (χ1v) is 7.84. The maximum atomic E-state index is 5.60. The molecule has 0 spiro atoms. The normalized spacial score (nSPS) is 20.7. The number of hydrogen-bond donors (Lipinski definition) is 1. The van der Waals surface area contributed by atoms with Gasteiger partial charge in [-0.3, -0.25) is 0 Å². The van der Waals surface area contributed by atoms with Crippen LogP contribution in [0.3, 0.4) is 0 Å². The Bertz CT molecular complexity index is 461. The lowest BCUT2D eigenvalue weighted by atomic mass is 9.99. The van der Waals surface area contributed by atoms with Crippen LogP contribution >= 0.6 is 0 Å². The molecule has 0 aromatic heterocycles. The molecule has 1 aliphatic rings. The number of benzene rings is 1. The average molecular weight is 291 g/mol. The van der Waals surface area contributed by atoms with Crippen LogP contribution in [-0.4, -0.2) is 52.3 Å². The van der Waals surface area contributed by atoms with E-state index in [0.29, 0.717) is 6.04 Å². The molecule has 118 valence electrons. The summed E-state index contributed by atoms with van der Waals surface area (Å²) in [5.41, 5.74) is 2.57. The molecule has 2 unspecified atom stereocenters. The van der Waals surface area contributed by atoms with Gasteiger partial charge >= 0.3 is 0 Å². The van der Waals surface area contributed by atoms with Crippen molar-refractivity contribution in [2.45, 2.75) is 31.8 Å². The average Bonchev–Trinajstić information content (AvgIpc) is 2.53. The molecule has 0 radical (unpaired) electrons. The van der Waals surface area contributed by atoms with Gasteiger partial charge in [-0.25, -0.2) is 0 Å². The minimum absolute atomic E-state index is 0.274. The Kier molecular flexibility index (Phi) is 5.48. The van der Waals surface area contributed by atoms with Crippen LogP contribution in [0.15, 0.2) is 18.2 Å². The predicted molar refractivity (Wildman–Crippen MR) is 89.4 cm³/mol. The lowest BCUT2D eigenvalue weighted by Crippen LogP contribution is -2.45. The summed E-state index contributed by atoms with van der Waals surface area (Å²) in [6, 6.07) is 7.28. The quantitative estimate of drug-likeness (QED) is 0.902. The van der Waals surface area contributed by atoms with E-state index in [-0.39, 0.29) is 6.04 Å². The van der Waals surface area contributed by atoms with Gasteiger partial charge in [0.1, 0.15) is 5.75 Å². The van der Waals surface area contributed by atoms with E-state index in [4.69, 9.17) is 4.74 Å². The van der Waals surface area contributed by atoms with Crippen molar-refractivity contribution < 1.29 is 4.74 Å². The highest BCUT2D eigenvalue weighted by Crippen LogP contribution is 2.35. The van der Waals surface area contributed by atoms with Gasteiger partial charge in [-0.1, -0.05) is 6.07 Å². The minimum atomic E-state index is 0.274. The Balaban J connectivity index is 2.34. The zero-order valence-corrected chi connectivity index (χ0v) is 14.0. The van der Waals surface area contributed by atoms with E-state index < -0.39 is 0 Å². The number of nitrogens with one attached hydrogen (secondary N) is 1. The number of rotatable bonds is 5. The zero-order chi connectivity index (χ0) is 15.4. The second-order valence-electron chi connectivity index (χ2n) is 6.11. The summed E-state index contributed by atoms with van der Waals surface area (Å²) in [4.78, 5) is 4.85. The van der Waals surface area contributed by atoms with E-state index in [1.807, 2.05) is 7.05 Å². The van der Waals surface area contributed by atoms with Gasteiger partial charge in [-0.05, 0) is 53.0 Å². The molecule has 1 aromatic carbocycles. The maximum Gasteiger partial charge on any atom is 0.125 e. The fourth-order valence-corrected chi connectivity index (χ4v) is 3.16. The molecule has 4 heteroatoms. The fraction of sp³-hybridized carbons (Fsp3) is 0.647. The van der Waals surface area contributed by atoms with Gasteiger partial charge in [0, 0.05) is 36.4 Å². The molecule has 1 aliphatic heterocycles. The maximum absolute atomic E-state index is 5.60. The lowest BCUT2D eigenvalue weighted by molar-refractivity contribution is 0.257. The topological polar surface area (TPSA) is 27.7 Å². The monoisotopic (exact) mass is 291 g/mol. The summed E-state index contributed by atoms with van der Waals surface area (Å²) in [7, 11) is 8.11. The van der Waals surface area contributed by atoms with Crippen LogP contribution in [0.25, 0.3) is 0 Å². The number of piperidine rings is 1. The van der Waals surface area contributed by atoms with Crippen LogP contribution in [0.5, 0.6) is 5.75 Å². The van der Waals surface area contributed by atoms with E-state index in [1.54, 1.807) is 7.11 Å². The highest BCUT2D eigenvalue weighted by Gasteiger charge is 2.25. The van der Waals surface area contributed by atoms with Gasteiger partial charge in [0.05, 0.1) is 7.11 Å². The third-order valence-corrected chi connectivity index (χ3v) is 4.60. The molecule has 1 heterocycles. The van der Waals surface area contributed by atoms with Gasteiger partial charge in [0.25, 0.3) is 0 Å². The van der Waals surface area contributed by atoms with Gasteiger partial charge < -0.3 is 19.9 Å². The highest BCUT2D eigenvalue weighted by atomic mass is 16.5. The molecule has 0 bridgehead atoms. The summed E-state index contributed by atoms with van der Waals surface area (Å²) in [6.07, 6.45) is 2.53. The molecule has 21 heavy (non-hydrogen) atoms. The number of likely N-dealkylation sites (N-methyl/N-ethyl adjacent to an activating group) is 1. The Morgan fingerprint density at radius 1 is 1.38 bits per heavy atom. The molecule has 0 aliphatic carbocycles. The molecule has 1 saturated heterocycles. The fourth-order valence-electron chi connectivity index (χ4n) is 3.16. The van der Waals surface area contributed by atoms with Crippen molar-refractivity contribution in [3.8, 4) is 5.75 Å². The Hall–Kier alpha value is -1.26. The molecule has 2 rings (SSSR count).